The zero-order chi connectivity index (χ0) is 13.2. The third-order valence-corrected chi connectivity index (χ3v) is 5.77. The number of para-hydroxylation sites is 1. The van der Waals surface area contributed by atoms with Crippen molar-refractivity contribution in [1.29, 1.82) is 0 Å². The van der Waals surface area contributed by atoms with Crippen molar-refractivity contribution in [1.82, 2.24) is 10.4 Å². The first kappa shape index (κ1) is 13.4. The van der Waals surface area contributed by atoms with Crippen LogP contribution in [0, 0.1) is 2.88 Å². The zero-order valence-corrected chi connectivity index (χ0v) is 13.8. The Labute approximate surface area is 133 Å². The van der Waals surface area contributed by atoms with Crippen molar-refractivity contribution in [2.75, 3.05) is 0 Å². The predicted octanol–water partition coefficient (Wildman–Crippen LogP) is 3.71. The Morgan fingerprint density at radius 3 is 2.89 bits per heavy atom. The summed E-state index contributed by atoms with van der Waals surface area (Å²) in [5.74, 6) is 5.69. The highest BCUT2D eigenvalue weighted by Gasteiger charge is 2.14. The lowest BCUT2D eigenvalue weighted by molar-refractivity contribution is 0.552. The minimum atomic E-state index is 0.125. The Balaban J connectivity index is 1.86. The van der Waals surface area contributed by atoms with Gasteiger partial charge in [0.25, 0.3) is 0 Å². The summed E-state index contributed by atoms with van der Waals surface area (Å²) in [6, 6.07) is 10.5. The van der Waals surface area contributed by atoms with E-state index >= 15 is 0 Å². The molecule has 3 nitrogen and oxygen atoms in total. The van der Waals surface area contributed by atoms with Crippen molar-refractivity contribution in [2.24, 2.45) is 5.84 Å². The SMILES string of the molecule is NNC(Cc1nc2ccccc2s1)c1csc(I)c1. The van der Waals surface area contributed by atoms with Crippen molar-refractivity contribution in [2.45, 2.75) is 12.5 Å². The molecular formula is C13H12IN3S2. The minimum absolute atomic E-state index is 0.125. The highest BCUT2D eigenvalue weighted by atomic mass is 127. The largest absolute Gasteiger partial charge is 0.271 e. The molecule has 19 heavy (non-hydrogen) atoms. The summed E-state index contributed by atoms with van der Waals surface area (Å²) in [6.07, 6.45) is 0.822. The third-order valence-electron chi connectivity index (χ3n) is 2.91. The number of thiophene rings is 1. The van der Waals surface area contributed by atoms with E-state index < -0.39 is 0 Å². The standard InChI is InChI=1S/C13H12IN3S2/c14-12-5-8(7-18-12)10(17-15)6-13-16-9-3-1-2-4-11(9)19-13/h1-5,7,10,17H,6,15H2. The van der Waals surface area contributed by atoms with E-state index in [-0.39, 0.29) is 6.04 Å². The molecular weight excluding hydrogens is 389 g/mol. The topological polar surface area (TPSA) is 50.9 Å². The highest BCUT2D eigenvalue weighted by molar-refractivity contribution is 14.1. The van der Waals surface area contributed by atoms with E-state index in [4.69, 9.17) is 5.84 Å². The van der Waals surface area contributed by atoms with Gasteiger partial charge in [0.2, 0.25) is 0 Å². The number of nitrogens with two attached hydrogens (primary N) is 1. The fourth-order valence-electron chi connectivity index (χ4n) is 1.96. The summed E-state index contributed by atoms with van der Waals surface area (Å²) in [5.41, 5.74) is 5.19. The normalized spacial score (nSPS) is 12.9. The van der Waals surface area contributed by atoms with Crippen LogP contribution in [0.3, 0.4) is 0 Å². The Kier molecular flexibility index (Phi) is 4.13. The van der Waals surface area contributed by atoms with Crippen LogP contribution in [-0.4, -0.2) is 4.98 Å². The lowest BCUT2D eigenvalue weighted by atomic mass is 10.1. The second kappa shape index (κ2) is 5.84. The van der Waals surface area contributed by atoms with E-state index in [1.165, 1.54) is 13.1 Å². The molecule has 0 radical (unpaired) electrons. The van der Waals surface area contributed by atoms with Gasteiger partial charge in [-0.25, -0.2) is 4.98 Å². The number of nitrogens with one attached hydrogen (secondary N) is 1. The number of hydrazine groups is 1. The van der Waals surface area contributed by atoms with Crippen LogP contribution in [0.25, 0.3) is 10.2 Å². The van der Waals surface area contributed by atoms with E-state index in [1.54, 1.807) is 22.7 Å². The Morgan fingerprint density at radius 1 is 1.37 bits per heavy atom. The van der Waals surface area contributed by atoms with Crippen LogP contribution < -0.4 is 11.3 Å². The van der Waals surface area contributed by atoms with Gasteiger partial charge in [-0.05, 0) is 51.7 Å². The van der Waals surface area contributed by atoms with Crippen LogP contribution in [-0.2, 0) is 6.42 Å². The van der Waals surface area contributed by atoms with Crippen LogP contribution in [0.4, 0.5) is 0 Å². The third kappa shape index (κ3) is 2.97. The number of thiazole rings is 1. The first-order valence-corrected chi connectivity index (χ1v) is 8.58. The van der Waals surface area contributed by atoms with E-state index in [0.717, 1.165) is 16.9 Å². The molecule has 0 saturated heterocycles. The van der Waals surface area contributed by atoms with Crippen molar-refractivity contribution >= 4 is 55.5 Å². The number of benzene rings is 1. The van der Waals surface area contributed by atoms with E-state index in [0.29, 0.717) is 0 Å². The second-order valence-electron chi connectivity index (χ2n) is 4.18. The minimum Gasteiger partial charge on any atom is -0.271 e. The molecule has 0 amide bonds. The summed E-state index contributed by atoms with van der Waals surface area (Å²) < 4.78 is 2.50. The first-order chi connectivity index (χ1) is 9.26. The van der Waals surface area contributed by atoms with Gasteiger partial charge in [-0.3, -0.25) is 11.3 Å². The Hall–Kier alpha value is -0.540. The number of halogens is 1. The number of hydrogen-bond donors (Lipinski definition) is 2. The van der Waals surface area contributed by atoms with Crippen LogP contribution >= 0.6 is 45.3 Å². The highest BCUT2D eigenvalue weighted by Crippen LogP contribution is 2.28. The maximum atomic E-state index is 5.69. The molecule has 3 rings (SSSR count). The average Bonchev–Trinajstić information content (AvgIpc) is 3.01. The molecule has 6 heteroatoms. The van der Waals surface area contributed by atoms with Gasteiger partial charge in [0.1, 0.15) is 0 Å². The van der Waals surface area contributed by atoms with Crippen molar-refractivity contribution in [3.63, 3.8) is 0 Å². The predicted molar refractivity (Wildman–Crippen MR) is 90.4 cm³/mol. The molecule has 0 aliphatic carbocycles. The summed E-state index contributed by atoms with van der Waals surface area (Å²) >= 11 is 5.80. The molecule has 98 valence electrons. The Bertz CT molecular complexity index is 659. The molecule has 0 saturated carbocycles. The lowest BCUT2D eigenvalue weighted by Gasteiger charge is -2.12. The van der Waals surface area contributed by atoms with Crippen LogP contribution in [0.5, 0.6) is 0 Å². The van der Waals surface area contributed by atoms with Crippen molar-refractivity contribution in [3.05, 3.63) is 49.2 Å². The van der Waals surface area contributed by atoms with Gasteiger partial charge in [-0.1, -0.05) is 12.1 Å². The Morgan fingerprint density at radius 2 is 2.21 bits per heavy atom. The number of fused-ring (bicyclic) bond motifs is 1. The maximum Gasteiger partial charge on any atom is 0.0958 e. The molecule has 0 fully saturated rings. The fourth-order valence-corrected chi connectivity index (χ4v) is 4.40. The number of rotatable bonds is 4. The summed E-state index contributed by atoms with van der Waals surface area (Å²) in [7, 11) is 0. The molecule has 3 N–H and O–H groups in total. The maximum absolute atomic E-state index is 5.69. The molecule has 1 atom stereocenters. The summed E-state index contributed by atoms with van der Waals surface area (Å²) in [4.78, 5) is 4.66. The monoisotopic (exact) mass is 401 g/mol. The second-order valence-corrected chi connectivity index (χ2v) is 8.10. The van der Waals surface area contributed by atoms with Gasteiger partial charge in [0.05, 0.1) is 24.1 Å². The van der Waals surface area contributed by atoms with Gasteiger partial charge in [0.15, 0.2) is 0 Å². The molecule has 0 spiro atoms. The van der Waals surface area contributed by atoms with Gasteiger partial charge in [-0.15, -0.1) is 22.7 Å². The van der Waals surface area contributed by atoms with Gasteiger partial charge in [0, 0.05) is 6.42 Å². The lowest BCUT2D eigenvalue weighted by Crippen LogP contribution is -2.29. The van der Waals surface area contributed by atoms with Gasteiger partial charge in [-0.2, -0.15) is 0 Å². The van der Waals surface area contributed by atoms with Crippen LogP contribution in [0.1, 0.15) is 16.6 Å². The van der Waals surface area contributed by atoms with Crippen LogP contribution in [0.15, 0.2) is 35.7 Å². The van der Waals surface area contributed by atoms with Crippen LogP contribution in [0.2, 0.25) is 0 Å². The smallest absolute Gasteiger partial charge is 0.0958 e. The van der Waals surface area contributed by atoms with E-state index in [9.17, 15) is 0 Å². The summed E-state index contributed by atoms with van der Waals surface area (Å²) in [6.45, 7) is 0. The molecule has 2 heterocycles. The zero-order valence-electron chi connectivity index (χ0n) is 9.97. The molecule has 1 unspecified atom stereocenters. The molecule has 3 aromatic rings. The summed E-state index contributed by atoms with van der Waals surface area (Å²) in [5, 5.41) is 3.27. The number of nitrogens with zero attached hydrogens (tertiary/aromatic N) is 1. The quantitative estimate of drug-likeness (QED) is 0.398. The number of hydrogen-bond acceptors (Lipinski definition) is 5. The molecule has 2 aromatic heterocycles. The van der Waals surface area contributed by atoms with Crippen molar-refractivity contribution < 1.29 is 0 Å². The van der Waals surface area contributed by atoms with Gasteiger partial charge < -0.3 is 0 Å². The van der Waals surface area contributed by atoms with E-state index in [1.807, 2.05) is 18.2 Å². The molecule has 0 aliphatic rings. The average molecular weight is 401 g/mol. The van der Waals surface area contributed by atoms with Gasteiger partial charge >= 0.3 is 0 Å². The number of aromatic nitrogens is 1. The molecule has 0 bridgehead atoms. The fraction of sp³-hybridized carbons (Fsp3) is 0.154. The van der Waals surface area contributed by atoms with Crippen molar-refractivity contribution in [3.8, 4) is 0 Å². The van der Waals surface area contributed by atoms with E-state index in [2.05, 4.69) is 50.5 Å². The molecule has 1 aromatic carbocycles. The first-order valence-electron chi connectivity index (χ1n) is 5.81. The molecule has 0 aliphatic heterocycles.